The summed E-state index contributed by atoms with van der Waals surface area (Å²) in [5, 5.41) is 14.8. The lowest BCUT2D eigenvalue weighted by molar-refractivity contribution is -0.116. The fourth-order valence-corrected chi connectivity index (χ4v) is 7.77. The second-order valence-corrected chi connectivity index (χ2v) is 11.8. The zero-order valence-electron chi connectivity index (χ0n) is 18.5. The number of fused-ring (bicyclic) bond motifs is 1. The molecular weight excluding hydrogens is 474 g/mol. The molecule has 10 heteroatoms. The molecule has 2 aromatic rings. The number of thioether (sulfide) groups is 1. The molecule has 0 bridgehead atoms. The number of carbonyl (C=O) groups excluding carboxylic acids is 1. The highest BCUT2D eigenvalue weighted by Crippen LogP contribution is 2.43. The van der Waals surface area contributed by atoms with E-state index in [1.165, 1.54) is 10.4 Å². The van der Waals surface area contributed by atoms with Crippen molar-refractivity contribution in [1.29, 1.82) is 0 Å². The molecule has 180 valence electrons. The lowest BCUT2D eigenvalue weighted by atomic mass is 9.99. The molecule has 0 aromatic heterocycles. The number of sulfonamides is 1. The van der Waals surface area contributed by atoms with Gasteiger partial charge < -0.3 is 15.7 Å². The van der Waals surface area contributed by atoms with Gasteiger partial charge in [0.25, 0.3) is 0 Å². The fraction of sp³-hybridized carbons (Fsp3) is 0.333. The number of hydrogen-bond acceptors (Lipinski definition) is 5. The van der Waals surface area contributed by atoms with Crippen molar-refractivity contribution in [2.75, 3.05) is 13.1 Å². The van der Waals surface area contributed by atoms with Crippen molar-refractivity contribution in [3.63, 3.8) is 0 Å². The topological polar surface area (TPSA) is 116 Å². The van der Waals surface area contributed by atoms with E-state index in [0.717, 1.165) is 12.0 Å². The average Bonchev–Trinajstić information content (AvgIpc) is 3.38. The molecule has 4 rings (SSSR count). The van der Waals surface area contributed by atoms with E-state index < -0.39 is 22.2 Å². The van der Waals surface area contributed by atoms with Gasteiger partial charge in [-0.05, 0) is 48.1 Å². The number of carbonyl (C=O) groups is 2. The number of nitrogens with one attached hydrogen (secondary N) is 2. The van der Waals surface area contributed by atoms with Crippen molar-refractivity contribution in [2.24, 2.45) is 5.92 Å². The number of nitrogens with zero attached hydrogens (tertiary/aromatic N) is 1. The maximum atomic E-state index is 13.2. The van der Waals surface area contributed by atoms with E-state index in [1.807, 2.05) is 30.3 Å². The van der Waals surface area contributed by atoms with Gasteiger partial charge in [-0.3, -0.25) is 4.79 Å². The Balaban J connectivity index is 1.44. The number of amides is 2. The highest BCUT2D eigenvalue weighted by atomic mass is 32.2. The highest BCUT2D eigenvalue weighted by molar-refractivity contribution is 8.00. The minimum Gasteiger partial charge on any atom is -0.465 e. The SMILES string of the molecule is C=CC(=O)NC1CC2CN(S(=O)(=O)c3ccc(C(Cc4ccccc4)NC(=O)O)cc3)CC2S1. The first-order chi connectivity index (χ1) is 16.3. The molecule has 2 fully saturated rings. The van der Waals surface area contributed by atoms with Gasteiger partial charge in [-0.1, -0.05) is 49.0 Å². The third kappa shape index (κ3) is 5.45. The van der Waals surface area contributed by atoms with Crippen molar-refractivity contribution in [1.82, 2.24) is 14.9 Å². The van der Waals surface area contributed by atoms with Gasteiger partial charge in [-0.15, -0.1) is 11.8 Å². The predicted octanol–water partition coefficient (Wildman–Crippen LogP) is 2.99. The van der Waals surface area contributed by atoms with Gasteiger partial charge in [0.15, 0.2) is 0 Å². The zero-order valence-corrected chi connectivity index (χ0v) is 20.1. The van der Waals surface area contributed by atoms with Crippen LogP contribution in [0.3, 0.4) is 0 Å². The summed E-state index contributed by atoms with van der Waals surface area (Å²) in [6, 6.07) is 15.4. The van der Waals surface area contributed by atoms with Crippen LogP contribution >= 0.6 is 11.8 Å². The van der Waals surface area contributed by atoms with Crippen LogP contribution in [0.4, 0.5) is 4.79 Å². The molecule has 2 amide bonds. The van der Waals surface area contributed by atoms with Gasteiger partial charge in [0.1, 0.15) is 0 Å². The van der Waals surface area contributed by atoms with Gasteiger partial charge in [-0.25, -0.2) is 13.2 Å². The molecule has 0 aliphatic carbocycles. The normalized spacial score (nSPS) is 23.1. The van der Waals surface area contributed by atoms with Gasteiger partial charge in [0.05, 0.1) is 16.3 Å². The third-order valence-electron chi connectivity index (χ3n) is 6.19. The van der Waals surface area contributed by atoms with Crippen molar-refractivity contribution < 1.29 is 23.1 Å². The second kappa shape index (κ2) is 10.2. The molecule has 0 spiro atoms. The molecule has 4 atom stereocenters. The van der Waals surface area contributed by atoms with Crippen LogP contribution in [-0.2, 0) is 21.2 Å². The van der Waals surface area contributed by atoms with Crippen LogP contribution in [0.15, 0.2) is 72.1 Å². The Morgan fingerprint density at radius 3 is 2.47 bits per heavy atom. The highest BCUT2D eigenvalue weighted by Gasteiger charge is 2.45. The molecule has 0 radical (unpaired) electrons. The Hall–Kier alpha value is -2.82. The first-order valence-electron chi connectivity index (χ1n) is 11.0. The summed E-state index contributed by atoms with van der Waals surface area (Å²) in [5.74, 6) is -0.0332. The molecule has 2 aliphatic rings. The summed E-state index contributed by atoms with van der Waals surface area (Å²) in [4.78, 5) is 23.1. The van der Waals surface area contributed by atoms with E-state index in [4.69, 9.17) is 0 Å². The summed E-state index contributed by atoms with van der Waals surface area (Å²) in [7, 11) is -3.67. The van der Waals surface area contributed by atoms with Crippen LogP contribution in [-0.4, -0.2) is 53.5 Å². The van der Waals surface area contributed by atoms with Crippen LogP contribution in [0.2, 0.25) is 0 Å². The maximum Gasteiger partial charge on any atom is 0.405 e. The van der Waals surface area contributed by atoms with Crippen molar-refractivity contribution in [3.8, 4) is 0 Å². The number of hydrogen-bond donors (Lipinski definition) is 3. The van der Waals surface area contributed by atoms with Crippen molar-refractivity contribution >= 4 is 33.8 Å². The van der Waals surface area contributed by atoms with Crippen LogP contribution < -0.4 is 10.6 Å². The van der Waals surface area contributed by atoms with Crippen LogP contribution in [0, 0.1) is 5.92 Å². The third-order valence-corrected chi connectivity index (χ3v) is 9.56. The number of benzene rings is 2. The molecular formula is C24H27N3O5S2. The molecule has 2 saturated heterocycles. The lowest BCUT2D eigenvalue weighted by Crippen LogP contribution is -2.33. The van der Waals surface area contributed by atoms with Crippen LogP contribution in [0.1, 0.15) is 23.6 Å². The Morgan fingerprint density at radius 1 is 1.15 bits per heavy atom. The molecule has 8 nitrogen and oxygen atoms in total. The van der Waals surface area contributed by atoms with Gasteiger partial charge >= 0.3 is 6.09 Å². The van der Waals surface area contributed by atoms with Crippen molar-refractivity contribution in [2.45, 2.75) is 34.4 Å². The minimum absolute atomic E-state index is 0.0204. The Kier molecular flexibility index (Phi) is 7.30. The molecule has 2 aromatic carbocycles. The zero-order chi connectivity index (χ0) is 24.3. The first kappa shape index (κ1) is 24.3. The standard InChI is InChI=1S/C24H27N3O5S2/c1-2-22(28)26-23-13-18-14-27(15-21(18)33-23)34(31,32)19-10-8-17(9-11-19)20(25-24(29)30)12-16-6-4-3-5-7-16/h2-11,18,20-21,23,25H,1,12-15H2,(H,26,28)(H,29,30). The van der Waals surface area contributed by atoms with E-state index in [9.17, 15) is 23.1 Å². The van der Waals surface area contributed by atoms with E-state index in [1.54, 1.807) is 36.0 Å². The van der Waals surface area contributed by atoms with E-state index >= 15 is 0 Å². The fourth-order valence-electron chi connectivity index (χ4n) is 4.50. The van der Waals surface area contributed by atoms with Crippen LogP contribution in [0.25, 0.3) is 0 Å². The van der Waals surface area contributed by atoms with Crippen LogP contribution in [0.5, 0.6) is 0 Å². The smallest absolute Gasteiger partial charge is 0.405 e. The summed E-state index contributed by atoms with van der Waals surface area (Å²) >= 11 is 1.60. The van der Waals surface area contributed by atoms with Gasteiger partial charge in [-0.2, -0.15) is 4.31 Å². The number of rotatable bonds is 8. The van der Waals surface area contributed by atoms with Gasteiger partial charge in [0, 0.05) is 18.3 Å². The lowest BCUT2D eigenvalue weighted by Gasteiger charge is -2.21. The maximum absolute atomic E-state index is 13.2. The van der Waals surface area contributed by atoms with E-state index in [2.05, 4.69) is 17.2 Å². The summed E-state index contributed by atoms with van der Waals surface area (Å²) in [6.45, 7) is 4.28. The minimum atomic E-state index is -3.67. The molecule has 2 heterocycles. The van der Waals surface area contributed by atoms with Crippen molar-refractivity contribution in [3.05, 3.63) is 78.4 Å². The summed E-state index contributed by atoms with van der Waals surface area (Å²) in [5.41, 5.74) is 1.67. The summed E-state index contributed by atoms with van der Waals surface area (Å²) in [6.07, 6.45) is 1.28. The summed E-state index contributed by atoms with van der Waals surface area (Å²) < 4.78 is 28.0. The second-order valence-electron chi connectivity index (χ2n) is 8.45. The number of carboxylic acid groups (broad SMARTS) is 1. The molecule has 34 heavy (non-hydrogen) atoms. The molecule has 4 unspecified atom stereocenters. The largest absolute Gasteiger partial charge is 0.465 e. The molecule has 2 aliphatic heterocycles. The quantitative estimate of drug-likeness (QED) is 0.479. The average molecular weight is 502 g/mol. The molecule has 3 N–H and O–H groups in total. The predicted molar refractivity (Wildman–Crippen MR) is 131 cm³/mol. The van der Waals surface area contributed by atoms with E-state index in [-0.39, 0.29) is 27.3 Å². The monoisotopic (exact) mass is 501 g/mol. The Morgan fingerprint density at radius 2 is 1.85 bits per heavy atom. The first-order valence-corrected chi connectivity index (χ1v) is 13.4. The Labute approximate surface area is 203 Å². The Bertz CT molecular complexity index is 1140. The van der Waals surface area contributed by atoms with E-state index in [0.29, 0.717) is 25.1 Å². The van der Waals surface area contributed by atoms with Gasteiger partial charge in [0.2, 0.25) is 15.9 Å². The molecule has 0 saturated carbocycles.